The third-order valence-electron chi connectivity index (χ3n) is 4.38. The number of nitrogens with one attached hydrogen (secondary N) is 1. The van der Waals surface area contributed by atoms with Crippen molar-refractivity contribution in [3.05, 3.63) is 65.1 Å². The van der Waals surface area contributed by atoms with Gasteiger partial charge in [-0.3, -0.25) is 10.00 Å². The van der Waals surface area contributed by atoms with E-state index in [4.69, 9.17) is 0 Å². The van der Waals surface area contributed by atoms with Crippen LogP contribution in [0.3, 0.4) is 0 Å². The third-order valence-corrected chi connectivity index (χ3v) is 4.38. The first kappa shape index (κ1) is 15.0. The van der Waals surface area contributed by atoms with Crippen LogP contribution in [0.25, 0.3) is 11.3 Å². The maximum Gasteiger partial charge on any atom is 0.125 e. The molecule has 0 radical (unpaired) electrons. The zero-order valence-electron chi connectivity index (χ0n) is 13.5. The van der Waals surface area contributed by atoms with Gasteiger partial charge in [0.15, 0.2) is 0 Å². The zero-order chi connectivity index (χ0) is 16.5. The van der Waals surface area contributed by atoms with Crippen LogP contribution in [0.5, 0.6) is 0 Å². The highest BCUT2D eigenvalue weighted by Gasteiger charge is 2.20. The Hall–Kier alpha value is -2.60. The molecule has 0 saturated heterocycles. The Morgan fingerprint density at radius 3 is 2.88 bits per heavy atom. The minimum atomic E-state index is -0.234. The molecule has 0 aliphatic carbocycles. The Bertz CT molecular complexity index is 856. The maximum atomic E-state index is 13.1. The van der Waals surface area contributed by atoms with E-state index in [0.717, 1.165) is 54.4 Å². The summed E-state index contributed by atoms with van der Waals surface area (Å²) in [6.07, 6.45) is 4.71. The van der Waals surface area contributed by atoms with Crippen LogP contribution in [0.2, 0.25) is 0 Å². The minimum Gasteiger partial charge on any atom is -0.294 e. The van der Waals surface area contributed by atoms with E-state index in [1.165, 1.54) is 17.7 Å². The second-order valence-electron chi connectivity index (χ2n) is 6.13. The van der Waals surface area contributed by atoms with Crippen LogP contribution >= 0.6 is 0 Å². The molecule has 5 nitrogen and oxygen atoms in total. The molecule has 1 aliphatic rings. The predicted octanol–water partition coefficient (Wildman–Crippen LogP) is 2.87. The molecule has 1 aromatic carbocycles. The van der Waals surface area contributed by atoms with E-state index < -0.39 is 0 Å². The molecule has 0 fully saturated rings. The minimum absolute atomic E-state index is 0.234. The molecule has 0 saturated carbocycles. The van der Waals surface area contributed by atoms with Gasteiger partial charge >= 0.3 is 0 Å². The largest absolute Gasteiger partial charge is 0.294 e. The van der Waals surface area contributed by atoms with Crippen LogP contribution in [0.15, 0.2) is 36.7 Å². The molecule has 1 N–H and O–H groups in total. The number of halogens is 1. The van der Waals surface area contributed by atoms with E-state index in [-0.39, 0.29) is 5.82 Å². The number of hydrogen-bond acceptors (Lipinski definition) is 4. The van der Waals surface area contributed by atoms with E-state index in [1.807, 2.05) is 19.3 Å². The van der Waals surface area contributed by atoms with Gasteiger partial charge in [0.05, 0.1) is 11.9 Å². The number of aromatic nitrogens is 4. The number of nitrogens with zero attached hydrogens (tertiary/aromatic N) is 4. The SMILES string of the molecule is Cc1ncc2c(n1)CCN(Cc1cn[nH]c1-c1ccc(F)cc1)C2. The summed E-state index contributed by atoms with van der Waals surface area (Å²) in [5.74, 6) is 0.596. The molecule has 0 spiro atoms. The quantitative estimate of drug-likeness (QED) is 0.805. The van der Waals surface area contributed by atoms with Gasteiger partial charge in [-0.25, -0.2) is 14.4 Å². The molecule has 3 aromatic rings. The van der Waals surface area contributed by atoms with Crippen LogP contribution in [0, 0.1) is 12.7 Å². The van der Waals surface area contributed by atoms with Crippen molar-refractivity contribution in [2.45, 2.75) is 26.4 Å². The molecule has 122 valence electrons. The number of aryl methyl sites for hydroxylation is 1. The molecule has 6 heteroatoms. The van der Waals surface area contributed by atoms with Gasteiger partial charge in [-0.15, -0.1) is 0 Å². The van der Waals surface area contributed by atoms with E-state index >= 15 is 0 Å². The zero-order valence-corrected chi connectivity index (χ0v) is 13.5. The Morgan fingerprint density at radius 2 is 2.04 bits per heavy atom. The van der Waals surface area contributed by atoms with Crippen molar-refractivity contribution in [3.63, 3.8) is 0 Å². The molecule has 0 unspecified atom stereocenters. The number of H-pyrrole nitrogens is 1. The van der Waals surface area contributed by atoms with Gasteiger partial charge in [-0.1, -0.05) is 0 Å². The molecule has 0 amide bonds. The predicted molar refractivity (Wildman–Crippen MR) is 88.6 cm³/mol. The van der Waals surface area contributed by atoms with E-state index in [2.05, 4.69) is 25.1 Å². The highest BCUT2D eigenvalue weighted by molar-refractivity contribution is 5.62. The fourth-order valence-corrected chi connectivity index (χ4v) is 3.15. The van der Waals surface area contributed by atoms with Crippen molar-refractivity contribution in [2.24, 2.45) is 0 Å². The van der Waals surface area contributed by atoms with Crippen LogP contribution in [0.4, 0.5) is 4.39 Å². The van der Waals surface area contributed by atoms with E-state index in [1.54, 1.807) is 12.1 Å². The van der Waals surface area contributed by atoms with Crippen LogP contribution < -0.4 is 0 Å². The number of rotatable bonds is 3. The number of fused-ring (bicyclic) bond motifs is 1. The molecule has 0 atom stereocenters. The lowest BCUT2D eigenvalue weighted by Gasteiger charge is -2.27. The third kappa shape index (κ3) is 2.92. The van der Waals surface area contributed by atoms with Gasteiger partial charge in [0.25, 0.3) is 0 Å². The Kier molecular flexibility index (Phi) is 3.82. The first-order valence-electron chi connectivity index (χ1n) is 8.01. The maximum absolute atomic E-state index is 13.1. The van der Waals surface area contributed by atoms with Gasteiger partial charge in [-0.2, -0.15) is 5.10 Å². The first-order valence-corrected chi connectivity index (χ1v) is 8.01. The summed E-state index contributed by atoms with van der Waals surface area (Å²) in [5.41, 5.74) is 5.35. The fraction of sp³-hybridized carbons (Fsp3) is 0.278. The average molecular weight is 323 g/mol. The Morgan fingerprint density at radius 1 is 1.21 bits per heavy atom. The molecule has 2 aromatic heterocycles. The summed E-state index contributed by atoms with van der Waals surface area (Å²) in [6.45, 7) is 4.50. The van der Waals surface area contributed by atoms with Gasteiger partial charge in [0.2, 0.25) is 0 Å². The van der Waals surface area contributed by atoms with Crippen LogP contribution in [-0.2, 0) is 19.5 Å². The lowest BCUT2D eigenvalue weighted by Crippen LogP contribution is -2.31. The van der Waals surface area contributed by atoms with Gasteiger partial charge < -0.3 is 0 Å². The van der Waals surface area contributed by atoms with Crippen molar-refractivity contribution in [2.75, 3.05) is 6.54 Å². The summed E-state index contributed by atoms with van der Waals surface area (Å²) in [4.78, 5) is 11.2. The lowest BCUT2D eigenvalue weighted by molar-refractivity contribution is 0.243. The van der Waals surface area contributed by atoms with Gasteiger partial charge in [0.1, 0.15) is 11.6 Å². The van der Waals surface area contributed by atoms with Crippen molar-refractivity contribution in [1.82, 2.24) is 25.1 Å². The van der Waals surface area contributed by atoms with Crippen molar-refractivity contribution < 1.29 is 4.39 Å². The highest BCUT2D eigenvalue weighted by atomic mass is 19.1. The van der Waals surface area contributed by atoms with Gasteiger partial charge in [-0.05, 0) is 31.2 Å². The standard InChI is InChI=1S/C18H18FN5/c1-12-20-8-14-10-24(7-6-17(14)22-12)11-15-9-21-23-18(15)13-2-4-16(19)5-3-13/h2-5,8-9H,6-7,10-11H2,1H3,(H,21,23). The molecule has 3 heterocycles. The number of hydrogen-bond donors (Lipinski definition) is 1. The van der Waals surface area contributed by atoms with E-state index in [0.29, 0.717) is 0 Å². The Labute approximate surface area is 139 Å². The topological polar surface area (TPSA) is 57.7 Å². The van der Waals surface area contributed by atoms with E-state index in [9.17, 15) is 4.39 Å². The summed E-state index contributed by atoms with van der Waals surface area (Å²) < 4.78 is 13.1. The molecule has 1 aliphatic heterocycles. The molecular formula is C18H18FN5. The molecule has 24 heavy (non-hydrogen) atoms. The molecule has 0 bridgehead atoms. The number of benzene rings is 1. The Balaban J connectivity index is 1.54. The molecule has 4 rings (SSSR count). The summed E-state index contributed by atoms with van der Waals surface area (Å²) in [6, 6.07) is 6.48. The van der Waals surface area contributed by atoms with Gasteiger partial charge in [0, 0.05) is 54.6 Å². The molecular weight excluding hydrogens is 305 g/mol. The summed E-state index contributed by atoms with van der Waals surface area (Å²) in [5, 5.41) is 7.21. The second kappa shape index (κ2) is 6.13. The average Bonchev–Trinajstić information content (AvgIpc) is 3.04. The van der Waals surface area contributed by atoms with Crippen LogP contribution in [-0.4, -0.2) is 31.6 Å². The second-order valence-corrected chi connectivity index (χ2v) is 6.13. The highest BCUT2D eigenvalue weighted by Crippen LogP contribution is 2.25. The monoisotopic (exact) mass is 323 g/mol. The van der Waals surface area contributed by atoms with Crippen LogP contribution in [0.1, 0.15) is 22.6 Å². The van der Waals surface area contributed by atoms with Crippen molar-refractivity contribution >= 4 is 0 Å². The smallest absolute Gasteiger partial charge is 0.125 e. The number of aromatic amines is 1. The fourth-order valence-electron chi connectivity index (χ4n) is 3.15. The van der Waals surface area contributed by atoms with Crippen molar-refractivity contribution in [1.29, 1.82) is 0 Å². The normalized spacial score (nSPS) is 14.6. The summed E-state index contributed by atoms with van der Waals surface area (Å²) >= 11 is 0. The lowest BCUT2D eigenvalue weighted by atomic mass is 10.0. The summed E-state index contributed by atoms with van der Waals surface area (Å²) in [7, 11) is 0. The first-order chi connectivity index (χ1) is 11.7. The van der Waals surface area contributed by atoms with Crippen molar-refractivity contribution in [3.8, 4) is 11.3 Å².